The molecule has 0 saturated heterocycles. The highest BCUT2D eigenvalue weighted by Crippen LogP contribution is 2.31. The number of nitrogens with zero attached hydrogens (tertiary/aromatic N) is 1. The van der Waals surface area contributed by atoms with Crippen LogP contribution < -0.4 is 0 Å². The molecule has 5 heteroatoms. The standard InChI is InChI=1S/C19H20FNO3/c1-14(11-18(23)24)19(15-7-3-2-4-8-15)21(13-22)12-16-9-5-6-10-17(16)20/h2-10,13-14,19H,11-12H2,1H3,(H,23,24)/t14-,19+/m1/s1. The number of carboxylic acid groups (broad SMARTS) is 1. The van der Waals surface area contributed by atoms with Crippen LogP contribution in [0.5, 0.6) is 0 Å². The van der Waals surface area contributed by atoms with Crippen LogP contribution in [0.15, 0.2) is 54.6 Å². The second-order valence-corrected chi connectivity index (χ2v) is 5.80. The van der Waals surface area contributed by atoms with Crippen LogP contribution in [0.25, 0.3) is 0 Å². The molecule has 0 fully saturated rings. The molecule has 2 aromatic carbocycles. The number of hydrogen-bond donors (Lipinski definition) is 1. The van der Waals surface area contributed by atoms with E-state index in [-0.39, 0.29) is 24.7 Å². The molecule has 126 valence electrons. The first kappa shape index (κ1) is 17.7. The summed E-state index contributed by atoms with van der Waals surface area (Å²) in [7, 11) is 0. The Labute approximate surface area is 140 Å². The van der Waals surface area contributed by atoms with E-state index in [0.29, 0.717) is 12.0 Å². The van der Waals surface area contributed by atoms with Gasteiger partial charge in [0.25, 0.3) is 0 Å². The fourth-order valence-electron chi connectivity index (χ4n) is 2.91. The summed E-state index contributed by atoms with van der Waals surface area (Å²) in [5.74, 6) is -1.64. The van der Waals surface area contributed by atoms with Crippen molar-refractivity contribution in [3.8, 4) is 0 Å². The van der Waals surface area contributed by atoms with Crippen LogP contribution >= 0.6 is 0 Å². The van der Waals surface area contributed by atoms with Gasteiger partial charge < -0.3 is 10.0 Å². The van der Waals surface area contributed by atoms with Gasteiger partial charge >= 0.3 is 5.97 Å². The van der Waals surface area contributed by atoms with Gasteiger partial charge in [-0.15, -0.1) is 0 Å². The first-order chi connectivity index (χ1) is 11.5. The quantitative estimate of drug-likeness (QED) is 0.752. The molecule has 0 spiro atoms. The normalized spacial score (nSPS) is 13.1. The zero-order valence-electron chi connectivity index (χ0n) is 13.4. The molecule has 0 aliphatic rings. The molecule has 0 heterocycles. The number of aliphatic carboxylic acids is 1. The Kier molecular flexibility index (Phi) is 6.07. The maximum absolute atomic E-state index is 13.9. The fraction of sp³-hybridized carbons (Fsp3) is 0.263. The van der Waals surface area contributed by atoms with Crippen molar-refractivity contribution in [1.29, 1.82) is 0 Å². The van der Waals surface area contributed by atoms with E-state index >= 15 is 0 Å². The van der Waals surface area contributed by atoms with Gasteiger partial charge in [-0.2, -0.15) is 0 Å². The number of amides is 1. The summed E-state index contributed by atoms with van der Waals surface area (Å²) < 4.78 is 13.9. The molecule has 0 aromatic heterocycles. The Morgan fingerprint density at radius 2 is 1.79 bits per heavy atom. The highest BCUT2D eigenvalue weighted by atomic mass is 19.1. The van der Waals surface area contributed by atoms with Crippen LogP contribution in [0.1, 0.15) is 30.5 Å². The predicted octanol–water partition coefficient (Wildman–Crippen LogP) is 3.64. The molecule has 0 aliphatic carbocycles. The molecule has 0 aliphatic heterocycles. The summed E-state index contributed by atoms with van der Waals surface area (Å²) in [5.41, 5.74) is 1.22. The number of carboxylic acids is 1. The first-order valence-corrected chi connectivity index (χ1v) is 7.74. The topological polar surface area (TPSA) is 57.6 Å². The lowest BCUT2D eigenvalue weighted by atomic mass is 9.90. The zero-order valence-corrected chi connectivity index (χ0v) is 13.4. The highest BCUT2D eigenvalue weighted by molar-refractivity contribution is 5.67. The number of carbonyl (C=O) groups excluding carboxylic acids is 1. The average Bonchev–Trinajstić information content (AvgIpc) is 2.56. The van der Waals surface area contributed by atoms with Crippen LogP contribution in [-0.2, 0) is 16.1 Å². The van der Waals surface area contributed by atoms with Crippen LogP contribution in [0.2, 0.25) is 0 Å². The number of benzene rings is 2. The van der Waals surface area contributed by atoms with Crippen LogP contribution in [0.3, 0.4) is 0 Å². The summed E-state index contributed by atoms with van der Waals surface area (Å²) in [4.78, 5) is 24.2. The van der Waals surface area contributed by atoms with Gasteiger partial charge in [0.15, 0.2) is 0 Å². The third kappa shape index (κ3) is 4.41. The van der Waals surface area contributed by atoms with Gasteiger partial charge in [-0.1, -0.05) is 55.5 Å². The minimum Gasteiger partial charge on any atom is -0.481 e. The van der Waals surface area contributed by atoms with E-state index in [1.807, 2.05) is 30.3 Å². The van der Waals surface area contributed by atoms with Gasteiger partial charge in [-0.25, -0.2) is 4.39 Å². The smallest absolute Gasteiger partial charge is 0.303 e. The summed E-state index contributed by atoms with van der Waals surface area (Å²) in [6, 6.07) is 15.0. The van der Waals surface area contributed by atoms with E-state index in [1.165, 1.54) is 11.0 Å². The fourth-order valence-corrected chi connectivity index (χ4v) is 2.91. The Bertz CT molecular complexity index is 690. The van der Waals surface area contributed by atoms with Crippen LogP contribution in [-0.4, -0.2) is 22.4 Å². The lowest BCUT2D eigenvalue weighted by Gasteiger charge is -2.33. The van der Waals surface area contributed by atoms with Crippen molar-refractivity contribution in [3.63, 3.8) is 0 Å². The third-order valence-corrected chi connectivity index (χ3v) is 3.98. The molecule has 0 radical (unpaired) electrons. The van der Waals surface area contributed by atoms with Gasteiger partial charge in [0, 0.05) is 12.1 Å². The van der Waals surface area contributed by atoms with E-state index in [0.717, 1.165) is 5.56 Å². The minimum absolute atomic E-state index is 0.0822. The predicted molar refractivity (Wildman–Crippen MR) is 88.6 cm³/mol. The summed E-state index contributed by atoms with van der Waals surface area (Å²) in [5, 5.41) is 9.10. The molecule has 24 heavy (non-hydrogen) atoms. The molecular weight excluding hydrogens is 309 g/mol. The van der Waals surface area contributed by atoms with Gasteiger partial charge in [-0.05, 0) is 17.5 Å². The SMILES string of the molecule is C[C@H](CC(=O)O)[C@@H](c1ccccc1)N(C=O)Cc1ccccc1F. The van der Waals surface area contributed by atoms with Gasteiger partial charge in [0.2, 0.25) is 6.41 Å². The van der Waals surface area contributed by atoms with Crippen molar-refractivity contribution in [2.75, 3.05) is 0 Å². The van der Waals surface area contributed by atoms with Crippen molar-refractivity contribution < 1.29 is 19.1 Å². The molecule has 4 nitrogen and oxygen atoms in total. The van der Waals surface area contributed by atoms with E-state index in [1.54, 1.807) is 25.1 Å². The molecular formula is C19H20FNO3. The second kappa shape index (κ2) is 8.24. The molecule has 1 amide bonds. The highest BCUT2D eigenvalue weighted by Gasteiger charge is 2.27. The molecule has 2 aromatic rings. The van der Waals surface area contributed by atoms with E-state index in [2.05, 4.69) is 0 Å². The van der Waals surface area contributed by atoms with E-state index < -0.39 is 12.0 Å². The summed E-state index contributed by atoms with van der Waals surface area (Å²) in [6.07, 6.45) is 0.573. The molecule has 0 saturated carbocycles. The average molecular weight is 329 g/mol. The number of hydrogen-bond acceptors (Lipinski definition) is 2. The molecule has 0 bridgehead atoms. The molecule has 2 atom stereocenters. The van der Waals surface area contributed by atoms with Gasteiger partial charge in [0.05, 0.1) is 12.5 Å². The Hall–Kier alpha value is -2.69. The van der Waals surface area contributed by atoms with Crippen LogP contribution in [0, 0.1) is 11.7 Å². The lowest BCUT2D eigenvalue weighted by Crippen LogP contribution is -2.32. The number of halogens is 1. The van der Waals surface area contributed by atoms with Gasteiger partial charge in [0.1, 0.15) is 5.82 Å². The Morgan fingerprint density at radius 3 is 2.38 bits per heavy atom. The summed E-state index contributed by atoms with van der Waals surface area (Å²) >= 11 is 0. The van der Waals surface area contributed by atoms with E-state index in [9.17, 15) is 14.0 Å². The van der Waals surface area contributed by atoms with Crippen LogP contribution in [0.4, 0.5) is 4.39 Å². The zero-order chi connectivity index (χ0) is 17.5. The first-order valence-electron chi connectivity index (χ1n) is 7.74. The maximum atomic E-state index is 13.9. The van der Waals surface area contributed by atoms with Crippen molar-refractivity contribution in [2.24, 2.45) is 5.92 Å². The van der Waals surface area contributed by atoms with Crippen molar-refractivity contribution in [1.82, 2.24) is 4.90 Å². The van der Waals surface area contributed by atoms with Crippen molar-refractivity contribution in [3.05, 3.63) is 71.5 Å². The monoisotopic (exact) mass is 329 g/mol. The Balaban J connectivity index is 2.34. The maximum Gasteiger partial charge on any atom is 0.303 e. The van der Waals surface area contributed by atoms with E-state index in [4.69, 9.17) is 5.11 Å². The second-order valence-electron chi connectivity index (χ2n) is 5.80. The molecule has 2 rings (SSSR count). The number of carbonyl (C=O) groups is 2. The molecule has 1 N–H and O–H groups in total. The van der Waals surface area contributed by atoms with Crippen molar-refractivity contribution >= 4 is 12.4 Å². The third-order valence-electron chi connectivity index (χ3n) is 3.98. The Morgan fingerprint density at radius 1 is 1.17 bits per heavy atom. The largest absolute Gasteiger partial charge is 0.481 e. The van der Waals surface area contributed by atoms with Gasteiger partial charge in [-0.3, -0.25) is 9.59 Å². The lowest BCUT2D eigenvalue weighted by molar-refractivity contribution is -0.139. The number of rotatable bonds is 8. The van der Waals surface area contributed by atoms with Crippen molar-refractivity contribution in [2.45, 2.75) is 25.9 Å². The minimum atomic E-state index is -0.930. The molecule has 0 unspecified atom stereocenters. The summed E-state index contributed by atoms with van der Waals surface area (Å²) in [6.45, 7) is 1.86.